The lowest BCUT2D eigenvalue weighted by atomic mass is 10.0. The quantitative estimate of drug-likeness (QED) is 0.166. The molecule has 0 saturated heterocycles. The highest BCUT2D eigenvalue weighted by Crippen LogP contribution is 2.19. The van der Waals surface area contributed by atoms with E-state index in [1.165, 1.54) is 11.8 Å². The number of amides is 3. The molecule has 0 radical (unpaired) electrons. The molecule has 0 aliphatic carbocycles. The van der Waals surface area contributed by atoms with Gasteiger partial charge in [0.1, 0.15) is 12.1 Å². The van der Waals surface area contributed by atoms with Gasteiger partial charge in [-0.05, 0) is 36.5 Å². The molecule has 1 aromatic carbocycles. The van der Waals surface area contributed by atoms with E-state index < -0.39 is 60.8 Å². The van der Waals surface area contributed by atoms with Gasteiger partial charge in [0.15, 0.2) is 0 Å². The van der Waals surface area contributed by atoms with Gasteiger partial charge in [0.05, 0.1) is 12.6 Å². The number of aliphatic carboxylic acids is 2. The van der Waals surface area contributed by atoms with Crippen molar-refractivity contribution in [2.24, 2.45) is 5.73 Å². The van der Waals surface area contributed by atoms with Crippen LogP contribution in [0, 0.1) is 0 Å². The van der Waals surface area contributed by atoms with Gasteiger partial charge in [-0.2, -0.15) is 11.8 Å². The molecule has 2 rings (SSSR count). The summed E-state index contributed by atoms with van der Waals surface area (Å²) in [5.41, 5.74) is 7.34. The van der Waals surface area contributed by atoms with E-state index in [1.807, 2.05) is 30.5 Å². The van der Waals surface area contributed by atoms with Crippen LogP contribution in [0.2, 0.25) is 0 Å². The van der Waals surface area contributed by atoms with Crippen LogP contribution in [0.25, 0.3) is 10.9 Å². The van der Waals surface area contributed by atoms with Crippen LogP contribution in [0.15, 0.2) is 30.5 Å². The molecule has 196 valence electrons. The summed E-state index contributed by atoms with van der Waals surface area (Å²) >= 11 is 1.50. The Hall–Kier alpha value is -3.58. The van der Waals surface area contributed by atoms with Crippen molar-refractivity contribution in [1.82, 2.24) is 20.9 Å². The van der Waals surface area contributed by atoms with Gasteiger partial charge in [0.2, 0.25) is 17.7 Å². The molecule has 0 spiro atoms. The number of hydrogen-bond donors (Lipinski definition) is 7. The maximum absolute atomic E-state index is 12.6. The lowest BCUT2D eigenvalue weighted by Gasteiger charge is -2.20. The van der Waals surface area contributed by atoms with Crippen molar-refractivity contribution in [2.45, 2.75) is 43.8 Å². The number of H-pyrrole nitrogens is 1. The number of rotatable bonds is 15. The summed E-state index contributed by atoms with van der Waals surface area (Å²) in [4.78, 5) is 63.0. The van der Waals surface area contributed by atoms with E-state index in [0.29, 0.717) is 17.7 Å². The number of nitrogens with two attached hydrogens (primary N) is 1. The third-order valence-electron chi connectivity index (χ3n) is 5.41. The highest BCUT2D eigenvalue weighted by Gasteiger charge is 2.26. The summed E-state index contributed by atoms with van der Waals surface area (Å²) in [6.45, 7) is -0.561. The Morgan fingerprint density at radius 3 is 2.42 bits per heavy atom. The second-order valence-electron chi connectivity index (χ2n) is 8.12. The minimum atomic E-state index is -1.24. The van der Waals surface area contributed by atoms with Crippen molar-refractivity contribution < 1.29 is 34.2 Å². The Bertz CT molecular complexity index is 1090. The SMILES string of the molecule is CSCCC(N)C(=O)NC(CCC(=O)O)C(=O)NCC(=O)NC(Cc1c[nH]c2ccccc12)C(=O)O. The molecule has 8 N–H and O–H groups in total. The fraction of sp³-hybridized carbons (Fsp3) is 0.435. The molecule has 3 atom stereocenters. The molecular formula is C23H31N5O7S. The van der Waals surface area contributed by atoms with Crippen molar-refractivity contribution in [2.75, 3.05) is 18.6 Å². The number of aromatic amines is 1. The molecule has 3 unspecified atom stereocenters. The van der Waals surface area contributed by atoms with Crippen molar-refractivity contribution in [3.8, 4) is 0 Å². The van der Waals surface area contributed by atoms with E-state index in [2.05, 4.69) is 20.9 Å². The minimum absolute atomic E-state index is 0.0181. The summed E-state index contributed by atoms with van der Waals surface area (Å²) in [6, 6.07) is 4.00. The maximum Gasteiger partial charge on any atom is 0.326 e. The van der Waals surface area contributed by atoms with Crippen LogP contribution >= 0.6 is 11.8 Å². The zero-order valence-electron chi connectivity index (χ0n) is 19.8. The first-order chi connectivity index (χ1) is 17.1. The highest BCUT2D eigenvalue weighted by atomic mass is 32.2. The van der Waals surface area contributed by atoms with Crippen molar-refractivity contribution in [3.05, 3.63) is 36.0 Å². The van der Waals surface area contributed by atoms with Gasteiger partial charge < -0.3 is 36.9 Å². The molecule has 0 bridgehead atoms. The highest BCUT2D eigenvalue weighted by molar-refractivity contribution is 7.98. The molecule has 12 nitrogen and oxygen atoms in total. The van der Waals surface area contributed by atoms with Crippen LogP contribution in [-0.4, -0.2) is 81.5 Å². The van der Waals surface area contributed by atoms with Gasteiger partial charge in [-0.25, -0.2) is 4.79 Å². The molecule has 2 aromatic rings. The van der Waals surface area contributed by atoms with E-state index in [9.17, 15) is 29.1 Å². The van der Waals surface area contributed by atoms with E-state index in [1.54, 1.807) is 6.20 Å². The first-order valence-corrected chi connectivity index (χ1v) is 12.6. The predicted molar refractivity (Wildman–Crippen MR) is 134 cm³/mol. The average Bonchev–Trinajstić information content (AvgIpc) is 3.25. The Morgan fingerprint density at radius 2 is 1.75 bits per heavy atom. The number of benzene rings is 1. The number of fused-ring (bicyclic) bond motifs is 1. The molecule has 0 aliphatic heterocycles. The van der Waals surface area contributed by atoms with Crippen LogP contribution in [0.3, 0.4) is 0 Å². The Balaban J connectivity index is 1.96. The van der Waals surface area contributed by atoms with E-state index in [0.717, 1.165) is 10.9 Å². The fourth-order valence-electron chi connectivity index (χ4n) is 3.45. The van der Waals surface area contributed by atoms with Gasteiger partial charge in [-0.15, -0.1) is 0 Å². The maximum atomic E-state index is 12.6. The smallest absolute Gasteiger partial charge is 0.326 e. The fourth-order valence-corrected chi connectivity index (χ4v) is 3.94. The van der Waals surface area contributed by atoms with Crippen LogP contribution in [0.5, 0.6) is 0 Å². The Kier molecular flexibility index (Phi) is 11.2. The first kappa shape index (κ1) is 28.7. The molecule has 1 heterocycles. The molecule has 1 aromatic heterocycles. The van der Waals surface area contributed by atoms with Gasteiger partial charge in [0.25, 0.3) is 0 Å². The predicted octanol–water partition coefficient (Wildman–Crippen LogP) is -0.174. The van der Waals surface area contributed by atoms with Gasteiger partial charge in [0, 0.05) is 29.9 Å². The van der Waals surface area contributed by atoms with Gasteiger partial charge in [-0.3, -0.25) is 19.2 Å². The molecule has 3 amide bonds. The van der Waals surface area contributed by atoms with Gasteiger partial charge in [-0.1, -0.05) is 18.2 Å². The third kappa shape index (κ3) is 8.89. The summed E-state index contributed by atoms with van der Waals surface area (Å²) in [5, 5.41) is 26.5. The Labute approximate surface area is 211 Å². The number of carboxylic acid groups (broad SMARTS) is 2. The molecule has 0 fully saturated rings. The molecule has 13 heteroatoms. The topological polar surface area (TPSA) is 204 Å². The van der Waals surface area contributed by atoms with Crippen LogP contribution in [0.4, 0.5) is 0 Å². The Morgan fingerprint density at radius 1 is 1.03 bits per heavy atom. The average molecular weight is 522 g/mol. The molecule has 0 saturated carbocycles. The summed E-state index contributed by atoms with van der Waals surface area (Å²) in [6.07, 6.45) is 3.32. The van der Waals surface area contributed by atoms with Crippen molar-refractivity contribution in [3.63, 3.8) is 0 Å². The largest absolute Gasteiger partial charge is 0.481 e. The number of carboxylic acids is 2. The van der Waals surface area contributed by atoms with Crippen molar-refractivity contribution in [1.29, 1.82) is 0 Å². The summed E-state index contributed by atoms with van der Waals surface area (Å²) in [5.74, 6) is -3.91. The summed E-state index contributed by atoms with van der Waals surface area (Å²) < 4.78 is 0. The number of aromatic nitrogens is 1. The zero-order chi connectivity index (χ0) is 26.7. The zero-order valence-corrected chi connectivity index (χ0v) is 20.6. The van der Waals surface area contributed by atoms with E-state index >= 15 is 0 Å². The molecule has 0 aliphatic rings. The second-order valence-corrected chi connectivity index (χ2v) is 9.11. The number of nitrogens with one attached hydrogen (secondary N) is 4. The number of thioether (sulfide) groups is 1. The summed E-state index contributed by atoms with van der Waals surface area (Å²) in [7, 11) is 0. The van der Waals surface area contributed by atoms with Crippen molar-refractivity contribution >= 4 is 52.3 Å². The van der Waals surface area contributed by atoms with E-state index in [4.69, 9.17) is 10.8 Å². The van der Waals surface area contributed by atoms with Crippen LogP contribution in [-0.2, 0) is 30.4 Å². The monoisotopic (exact) mass is 521 g/mol. The van der Waals surface area contributed by atoms with Crippen LogP contribution < -0.4 is 21.7 Å². The lowest BCUT2D eigenvalue weighted by Crippen LogP contribution is -2.53. The molecular weight excluding hydrogens is 490 g/mol. The van der Waals surface area contributed by atoms with E-state index in [-0.39, 0.29) is 12.8 Å². The second kappa shape index (κ2) is 14.1. The third-order valence-corrected chi connectivity index (χ3v) is 6.05. The van der Waals surface area contributed by atoms with Crippen LogP contribution in [0.1, 0.15) is 24.8 Å². The number of para-hydroxylation sites is 1. The van der Waals surface area contributed by atoms with Gasteiger partial charge >= 0.3 is 11.9 Å². The number of hydrogen-bond acceptors (Lipinski definition) is 7. The number of carbonyl (C=O) groups excluding carboxylic acids is 3. The number of carbonyl (C=O) groups is 5. The lowest BCUT2D eigenvalue weighted by molar-refractivity contribution is -0.141. The minimum Gasteiger partial charge on any atom is -0.481 e. The molecule has 36 heavy (non-hydrogen) atoms. The first-order valence-electron chi connectivity index (χ1n) is 11.2. The standard InChI is InChI=1S/C23H31N5O7S/c1-36-9-8-15(24)21(32)28-17(6-7-20(30)31)22(33)26-12-19(29)27-18(23(34)35)10-13-11-25-16-5-3-2-4-14(13)16/h2-5,11,15,17-18,25H,6-10,12,24H2,1H3,(H,26,33)(H,27,29)(H,28,32)(H,30,31)(H,34,35). The normalized spacial score (nSPS) is 13.4.